The van der Waals surface area contributed by atoms with Gasteiger partial charge in [-0.25, -0.2) is 4.68 Å². The van der Waals surface area contributed by atoms with Crippen molar-refractivity contribution in [3.8, 4) is 0 Å². The van der Waals surface area contributed by atoms with Crippen LogP contribution in [0.15, 0.2) is 29.3 Å². The van der Waals surface area contributed by atoms with E-state index in [-0.39, 0.29) is 17.2 Å². The molecule has 0 aliphatic carbocycles. The number of H-pyrrole nitrogens is 1. The van der Waals surface area contributed by atoms with Gasteiger partial charge in [-0.2, -0.15) is 10.2 Å². The van der Waals surface area contributed by atoms with E-state index in [4.69, 9.17) is 0 Å². The third-order valence-corrected chi connectivity index (χ3v) is 3.13. The Morgan fingerprint density at radius 3 is 2.90 bits per heavy atom. The van der Waals surface area contributed by atoms with Gasteiger partial charge in [-0.15, -0.1) is 0 Å². The number of carbonyl (C=O) groups excluding carboxylic acids is 1. The fourth-order valence-electron chi connectivity index (χ4n) is 1.94. The summed E-state index contributed by atoms with van der Waals surface area (Å²) in [5.74, 6) is -0.221. The average Bonchev–Trinajstić information content (AvgIpc) is 2.98. The molecule has 0 saturated carbocycles. The highest BCUT2D eigenvalue weighted by Crippen LogP contribution is 2.04. The zero-order valence-corrected chi connectivity index (χ0v) is 12.2. The van der Waals surface area contributed by atoms with Crippen LogP contribution in [0.25, 0.3) is 0 Å². The van der Waals surface area contributed by atoms with Gasteiger partial charge >= 0.3 is 0 Å². The van der Waals surface area contributed by atoms with Crippen molar-refractivity contribution in [2.24, 2.45) is 0 Å². The van der Waals surface area contributed by atoms with E-state index in [9.17, 15) is 9.59 Å². The Labute approximate surface area is 122 Å². The lowest BCUT2D eigenvalue weighted by Crippen LogP contribution is -2.30. The molecule has 0 fully saturated rings. The Morgan fingerprint density at radius 2 is 2.24 bits per heavy atom. The minimum absolute atomic E-state index is 0.183. The molecule has 0 unspecified atom stereocenters. The smallest absolute Gasteiger partial charge is 0.274 e. The van der Waals surface area contributed by atoms with Crippen molar-refractivity contribution in [1.29, 1.82) is 0 Å². The minimum Gasteiger partial charge on any atom is -0.336 e. The Kier molecular flexibility index (Phi) is 4.86. The maximum atomic E-state index is 12.3. The molecule has 0 saturated heterocycles. The minimum atomic E-state index is -0.221. The third-order valence-electron chi connectivity index (χ3n) is 3.13. The molecule has 7 nitrogen and oxygen atoms in total. The second-order valence-corrected chi connectivity index (χ2v) is 4.90. The molecule has 2 heterocycles. The normalized spacial score (nSPS) is 10.6. The van der Waals surface area contributed by atoms with Gasteiger partial charge in [-0.05, 0) is 12.5 Å². The quantitative estimate of drug-likeness (QED) is 0.861. The van der Waals surface area contributed by atoms with Crippen LogP contribution >= 0.6 is 0 Å². The molecule has 2 aromatic rings. The number of aromatic amines is 1. The van der Waals surface area contributed by atoms with Crippen LogP contribution in [0.4, 0.5) is 0 Å². The lowest BCUT2D eigenvalue weighted by atomic mass is 10.3. The van der Waals surface area contributed by atoms with Gasteiger partial charge in [-0.3, -0.25) is 14.7 Å². The van der Waals surface area contributed by atoms with E-state index in [0.29, 0.717) is 13.1 Å². The summed E-state index contributed by atoms with van der Waals surface area (Å²) >= 11 is 0. The van der Waals surface area contributed by atoms with E-state index in [1.807, 2.05) is 6.92 Å². The van der Waals surface area contributed by atoms with E-state index in [1.54, 1.807) is 24.3 Å². The number of carbonyl (C=O) groups is 1. The van der Waals surface area contributed by atoms with Gasteiger partial charge in [0.15, 0.2) is 0 Å². The van der Waals surface area contributed by atoms with Crippen LogP contribution in [0.3, 0.4) is 0 Å². The van der Waals surface area contributed by atoms with Crippen LogP contribution in [0, 0.1) is 0 Å². The van der Waals surface area contributed by atoms with Gasteiger partial charge in [0, 0.05) is 38.0 Å². The van der Waals surface area contributed by atoms with E-state index in [1.165, 1.54) is 16.8 Å². The number of amides is 1. The summed E-state index contributed by atoms with van der Waals surface area (Å²) in [4.78, 5) is 25.6. The maximum absolute atomic E-state index is 12.3. The molecule has 1 N–H and O–H groups in total. The first-order valence-corrected chi connectivity index (χ1v) is 6.93. The molecule has 2 rings (SSSR count). The van der Waals surface area contributed by atoms with Crippen molar-refractivity contribution in [3.63, 3.8) is 0 Å². The van der Waals surface area contributed by atoms with Crippen molar-refractivity contribution in [2.45, 2.75) is 32.9 Å². The van der Waals surface area contributed by atoms with Gasteiger partial charge in [0.1, 0.15) is 5.69 Å². The van der Waals surface area contributed by atoms with Crippen molar-refractivity contribution in [3.05, 3.63) is 46.1 Å². The highest BCUT2D eigenvalue weighted by atomic mass is 16.2. The molecule has 0 aliphatic heterocycles. The number of nitrogens with one attached hydrogen (secondary N) is 1. The molecular weight excluding hydrogens is 270 g/mol. The molecular formula is C14H19N5O2. The summed E-state index contributed by atoms with van der Waals surface area (Å²) in [5, 5.41) is 10.7. The third kappa shape index (κ3) is 3.77. The molecule has 7 heteroatoms. The SMILES string of the molecule is CCCCn1nc(C(=O)N(C)Cc2cn[nH]c2)ccc1=O. The van der Waals surface area contributed by atoms with Gasteiger partial charge in [-0.1, -0.05) is 13.3 Å². The number of hydrogen-bond acceptors (Lipinski definition) is 4. The maximum Gasteiger partial charge on any atom is 0.274 e. The van der Waals surface area contributed by atoms with E-state index in [2.05, 4.69) is 15.3 Å². The zero-order chi connectivity index (χ0) is 15.2. The van der Waals surface area contributed by atoms with Crippen LogP contribution in [0.2, 0.25) is 0 Å². The molecule has 0 aliphatic rings. The van der Waals surface area contributed by atoms with Gasteiger partial charge in [0.2, 0.25) is 0 Å². The summed E-state index contributed by atoms with van der Waals surface area (Å²) in [5.41, 5.74) is 0.999. The molecule has 0 aromatic carbocycles. The summed E-state index contributed by atoms with van der Waals surface area (Å²) in [7, 11) is 1.69. The number of rotatable bonds is 6. The van der Waals surface area contributed by atoms with E-state index >= 15 is 0 Å². The van der Waals surface area contributed by atoms with Crippen molar-refractivity contribution >= 4 is 5.91 Å². The van der Waals surface area contributed by atoms with Crippen molar-refractivity contribution < 1.29 is 4.79 Å². The molecule has 0 radical (unpaired) electrons. The van der Waals surface area contributed by atoms with E-state index in [0.717, 1.165) is 18.4 Å². The monoisotopic (exact) mass is 289 g/mol. The van der Waals surface area contributed by atoms with Crippen molar-refractivity contribution in [1.82, 2.24) is 24.9 Å². The highest BCUT2D eigenvalue weighted by Gasteiger charge is 2.15. The predicted molar refractivity (Wildman–Crippen MR) is 77.8 cm³/mol. The van der Waals surface area contributed by atoms with Crippen LogP contribution in [0.5, 0.6) is 0 Å². The van der Waals surface area contributed by atoms with Crippen LogP contribution in [0.1, 0.15) is 35.8 Å². The first-order valence-electron chi connectivity index (χ1n) is 6.93. The average molecular weight is 289 g/mol. The summed E-state index contributed by atoms with van der Waals surface area (Å²) in [6, 6.07) is 2.86. The summed E-state index contributed by atoms with van der Waals surface area (Å²) in [6.07, 6.45) is 5.22. The number of aromatic nitrogens is 4. The molecule has 112 valence electrons. The number of unbranched alkanes of at least 4 members (excludes halogenated alkanes) is 1. The number of aryl methyl sites for hydroxylation is 1. The summed E-state index contributed by atoms with van der Waals surface area (Å²) in [6.45, 7) is 3.01. The van der Waals surface area contributed by atoms with Crippen LogP contribution in [-0.4, -0.2) is 37.8 Å². The number of hydrogen-bond donors (Lipinski definition) is 1. The van der Waals surface area contributed by atoms with Crippen LogP contribution in [-0.2, 0) is 13.1 Å². The Hall–Kier alpha value is -2.44. The van der Waals surface area contributed by atoms with Gasteiger partial charge < -0.3 is 4.90 Å². The molecule has 2 aromatic heterocycles. The molecule has 1 amide bonds. The Balaban J connectivity index is 2.12. The topological polar surface area (TPSA) is 83.9 Å². The first-order chi connectivity index (χ1) is 10.1. The molecule has 0 atom stereocenters. The molecule has 0 bridgehead atoms. The zero-order valence-electron chi connectivity index (χ0n) is 12.2. The Bertz CT molecular complexity index is 648. The first kappa shape index (κ1) is 15.0. The van der Waals surface area contributed by atoms with Gasteiger partial charge in [0.05, 0.1) is 6.20 Å². The number of nitrogens with zero attached hydrogens (tertiary/aromatic N) is 4. The molecule has 0 spiro atoms. The Morgan fingerprint density at radius 1 is 1.43 bits per heavy atom. The lowest BCUT2D eigenvalue weighted by Gasteiger charge is -2.16. The van der Waals surface area contributed by atoms with Gasteiger partial charge in [0.25, 0.3) is 11.5 Å². The largest absolute Gasteiger partial charge is 0.336 e. The standard InChI is InChI=1S/C14H19N5O2/c1-3-4-7-19-13(20)6-5-12(17-19)14(21)18(2)10-11-8-15-16-9-11/h5-6,8-9H,3-4,7,10H2,1-2H3,(H,15,16). The lowest BCUT2D eigenvalue weighted by molar-refractivity contribution is 0.0776. The summed E-state index contributed by atoms with van der Waals surface area (Å²) < 4.78 is 1.35. The van der Waals surface area contributed by atoms with Crippen molar-refractivity contribution in [2.75, 3.05) is 7.05 Å². The molecule has 21 heavy (non-hydrogen) atoms. The second kappa shape index (κ2) is 6.83. The highest BCUT2D eigenvalue weighted by molar-refractivity contribution is 5.91. The van der Waals surface area contributed by atoms with E-state index < -0.39 is 0 Å². The fraction of sp³-hybridized carbons (Fsp3) is 0.429. The fourth-order valence-corrected chi connectivity index (χ4v) is 1.94. The predicted octanol–water partition coefficient (Wildman–Crippen LogP) is 1.04. The van der Waals surface area contributed by atoms with Crippen LogP contribution < -0.4 is 5.56 Å². The second-order valence-electron chi connectivity index (χ2n) is 4.90.